The van der Waals surface area contributed by atoms with E-state index >= 15 is 0 Å². The molecule has 0 aliphatic carbocycles. The van der Waals surface area contributed by atoms with Crippen LogP contribution in [0.25, 0.3) is 0 Å². The van der Waals surface area contributed by atoms with Gasteiger partial charge in [0.25, 0.3) is 0 Å². The van der Waals surface area contributed by atoms with E-state index in [1.807, 2.05) is 0 Å². The minimum absolute atomic E-state index is 0.0554. The Hall–Kier alpha value is -0.560. The molecule has 3 aliphatic rings. The molecule has 0 spiro atoms. The maximum absolute atomic E-state index is 10.8. The second-order valence-electron chi connectivity index (χ2n) is 3.64. The summed E-state index contributed by atoms with van der Waals surface area (Å²) < 4.78 is 10.2. The molecule has 4 unspecified atom stereocenters. The van der Waals surface area contributed by atoms with Gasteiger partial charge in [-0.1, -0.05) is 0 Å². The van der Waals surface area contributed by atoms with E-state index in [4.69, 9.17) is 9.47 Å². The van der Waals surface area contributed by atoms with Crippen LogP contribution in [0.2, 0.25) is 0 Å². The highest BCUT2D eigenvalue weighted by Crippen LogP contribution is 2.59. The Morgan fingerprint density at radius 1 is 1.25 bits per heavy atom. The van der Waals surface area contributed by atoms with Crippen LogP contribution in [-0.2, 0) is 9.47 Å². The lowest BCUT2D eigenvalue weighted by Gasteiger charge is -2.12. The maximum atomic E-state index is 10.8. The van der Waals surface area contributed by atoms with E-state index in [1.54, 1.807) is 0 Å². The summed E-state index contributed by atoms with van der Waals surface area (Å²) in [6, 6.07) is 0. The van der Waals surface area contributed by atoms with Crippen molar-refractivity contribution in [1.82, 2.24) is 0 Å². The fourth-order valence-corrected chi connectivity index (χ4v) is 5.27. The zero-order valence-electron chi connectivity index (χ0n) is 6.60. The molecule has 0 aromatic rings. The van der Waals surface area contributed by atoms with Gasteiger partial charge in [-0.25, -0.2) is 4.79 Å². The van der Waals surface area contributed by atoms with Crippen molar-refractivity contribution in [3.8, 4) is 0 Å². The molecule has 3 rings (SSSR count). The molecule has 0 amide bonds. The van der Waals surface area contributed by atoms with Gasteiger partial charge in [0.05, 0.1) is 6.30 Å². The average Bonchev–Trinajstić information content (AvgIpc) is 2.60. The summed E-state index contributed by atoms with van der Waals surface area (Å²) in [6.45, 7) is 0. The van der Waals surface area contributed by atoms with Gasteiger partial charge < -0.3 is 9.47 Å². The van der Waals surface area contributed by atoms with E-state index < -0.39 is 6.16 Å². The first-order valence-electron chi connectivity index (χ1n) is 4.23. The topological polar surface area (TPSA) is 35.5 Å². The molecule has 0 N–H and O–H groups in total. The van der Waals surface area contributed by atoms with Crippen molar-refractivity contribution in [2.45, 2.75) is 36.4 Å². The summed E-state index contributed by atoms with van der Waals surface area (Å²) >= 11 is 0. The third-order valence-corrected chi connectivity index (χ3v) is 5.97. The fourth-order valence-electron chi connectivity index (χ4n) is 2.60. The molecule has 0 aromatic heterocycles. The molecule has 4 heteroatoms. The molecule has 0 radical (unpaired) electrons. The van der Waals surface area contributed by atoms with Crippen LogP contribution in [0, 0.1) is 0 Å². The SMILES string of the molecule is C=[P+]1C2CCC1C1OC(=O)OC12. The van der Waals surface area contributed by atoms with Crippen molar-refractivity contribution in [2.75, 3.05) is 0 Å². The molecular formula is C8H10O3P+. The summed E-state index contributed by atoms with van der Waals surface area (Å²) in [5.74, 6) is 0. The first kappa shape index (κ1) is 6.90. The van der Waals surface area contributed by atoms with Crippen molar-refractivity contribution in [3.63, 3.8) is 0 Å². The number of hydrogen-bond acceptors (Lipinski definition) is 3. The zero-order valence-corrected chi connectivity index (χ0v) is 7.50. The molecule has 4 atom stereocenters. The Morgan fingerprint density at radius 3 is 2.25 bits per heavy atom. The van der Waals surface area contributed by atoms with E-state index in [-0.39, 0.29) is 19.8 Å². The normalized spacial score (nSPS) is 52.0. The number of hydrogen-bond donors (Lipinski definition) is 0. The van der Waals surface area contributed by atoms with E-state index in [0.29, 0.717) is 11.3 Å². The van der Waals surface area contributed by atoms with Crippen LogP contribution in [-0.4, -0.2) is 36.0 Å². The van der Waals surface area contributed by atoms with Crippen molar-refractivity contribution in [2.24, 2.45) is 0 Å². The van der Waals surface area contributed by atoms with Crippen molar-refractivity contribution < 1.29 is 14.3 Å². The van der Waals surface area contributed by atoms with Gasteiger partial charge in [-0.2, -0.15) is 0 Å². The lowest BCUT2D eigenvalue weighted by Crippen LogP contribution is -2.33. The van der Waals surface area contributed by atoms with Crippen molar-refractivity contribution >= 4 is 20.0 Å². The van der Waals surface area contributed by atoms with Crippen molar-refractivity contribution in [3.05, 3.63) is 0 Å². The van der Waals surface area contributed by atoms with Crippen LogP contribution in [0.5, 0.6) is 0 Å². The van der Waals surface area contributed by atoms with E-state index in [1.165, 1.54) is 12.8 Å². The molecule has 3 heterocycles. The van der Waals surface area contributed by atoms with Gasteiger partial charge in [-0.15, -0.1) is 0 Å². The zero-order chi connectivity index (χ0) is 8.29. The first-order valence-corrected chi connectivity index (χ1v) is 5.90. The Kier molecular flexibility index (Phi) is 1.16. The van der Waals surface area contributed by atoms with Crippen LogP contribution in [0.4, 0.5) is 4.79 Å². The fraction of sp³-hybridized carbons (Fsp3) is 0.750. The van der Waals surface area contributed by atoms with E-state index in [2.05, 4.69) is 6.30 Å². The van der Waals surface area contributed by atoms with Gasteiger partial charge in [-0.3, -0.25) is 0 Å². The Balaban J connectivity index is 1.98. The number of ether oxygens (including phenoxy) is 2. The Labute approximate surface area is 71.4 Å². The molecule has 3 fully saturated rings. The van der Waals surface area contributed by atoms with Gasteiger partial charge in [0.2, 0.25) is 0 Å². The minimum Gasteiger partial charge on any atom is -0.422 e. The highest BCUT2D eigenvalue weighted by atomic mass is 31.1. The minimum atomic E-state index is -0.468. The summed E-state index contributed by atoms with van der Waals surface area (Å²) in [7, 11) is -0.181. The standard InChI is InChI=1S/C8H10O3P/c1-12-4-2-3-5(12)7-6(4)10-8(9)11-7/h4-7H,1-3H2/q+1. The molecule has 3 nitrogen and oxygen atoms in total. The molecule has 64 valence electrons. The monoisotopic (exact) mass is 185 g/mol. The number of fused-ring (bicyclic) bond motifs is 5. The Bertz CT molecular complexity index is 251. The van der Waals surface area contributed by atoms with Crippen LogP contribution >= 0.6 is 7.55 Å². The lowest BCUT2D eigenvalue weighted by atomic mass is 9.95. The number of rotatable bonds is 0. The highest BCUT2D eigenvalue weighted by molar-refractivity contribution is 7.58. The van der Waals surface area contributed by atoms with Crippen LogP contribution in [0.3, 0.4) is 0 Å². The molecule has 0 saturated carbocycles. The Morgan fingerprint density at radius 2 is 1.75 bits per heavy atom. The average molecular weight is 185 g/mol. The highest BCUT2D eigenvalue weighted by Gasteiger charge is 2.65. The number of carbonyl (C=O) groups excluding carboxylic acids is 1. The summed E-state index contributed by atoms with van der Waals surface area (Å²) in [4.78, 5) is 10.8. The number of carbonyl (C=O) groups is 1. The van der Waals surface area contributed by atoms with Crippen LogP contribution in [0.1, 0.15) is 12.8 Å². The largest absolute Gasteiger partial charge is 0.509 e. The third-order valence-electron chi connectivity index (χ3n) is 3.16. The molecule has 3 saturated heterocycles. The molecule has 0 aromatic carbocycles. The lowest BCUT2D eigenvalue weighted by molar-refractivity contribution is 0.115. The van der Waals surface area contributed by atoms with Crippen LogP contribution in [0.15, 0.2) is 0 Å². The van der Waals surface area contributed by atoms with Gasteiger partial charge in [0.15, 0.2) is 23.5 Å². The van der Waals surface area contributed by atoms with Gasteiger partial charge in [0, 0.05) is 0 Å². The van der Waals surface area contributed by atoms with E-state index in [9.17, 15) is 4.79 Å². The molecule has 12 heavy (non-hydrogen) atoms. The maximum Gasteiger partial charge on any atom is 0.509 e. The van der Waals surface area contributed by atoms with E-state index in [0.717, 1.165) is 0 Å². The summed E-state index contributed by atoms with van der Waals surface area (Å²) in [5, 5.41) is 0. The quantitative estimate of drug-likeness (QED) is 0.422. The van der Waals surface area contributed by atoms with Gasteiger partial charge in [0.1, 0.15) is 7.55 Å². The second kappa shape index (κ2) is 2.02. The summed E-state index contributed by atoms with van der Waals surface area (Å²) in [6.07, 6.45) is 6.16. The van der Waals surface area contributed by atoms with Gasteiger partial charge in [-0.05, 0) is 12.8 Å². The van der Waals surface area contributed by atoms with Crippen LogP contribution < -0.4 is 0 Å². The summed E-state index contributed by atoms with van der Waals surface area (Å²) in [5.41, 5.74) is 1.06. The predicted octanol–water partition coefficient (Wildman–Crippen LogP) is 1.35. The second-order valence-corrected chi connectivity index (χ2v) is 6.00. The molecular weight excluding hydrogens is 175 g/mol. The molecule has 3 aliphatic heterocycles. The molecule has 2 bridgehead atoms. The smallest absolute Gasteiger partial charge is 0.422 e. The predicted molar refractivity (Wildman–Crippen MR) is 46.0 cm³/mol. The van der Waals surface area contributed by atoms with Crippen molar-refractivity contribution in [1.29, 1.82) is 0 Å². The third kappa shape index (κ3) is 0.639. The van der Waals surface area contributed by atoms with Gasteiger partial charge >= 0.3 is 6.16 Å². The first-order chi connectivity index (χ1) is 5.77.